The summed E-state index contributed by atoms with van der Waals surface area (Å²) in [6.07, 6.45) is 3.08. The molecular weight excluding hydrogens is 434 g/mol. The number of ketones is 1. The molecule has 1 aliphatic heterocycles. The van der Waals surface area contributed by atoms with Gasteiger partial charge in [-0.1, -0.05) is 41.9 Å². The van der Waals surface area contributed by atoms with Crippen LogP contribution in [0.25, 0.3) is 5.76 Å². The van der Waals surface area contributed by atoms with Crippen molar-refractivity contribution >= 4 is 33.4 Å². The fourth-order valence-electron chi connectivity index (χ4n) is 3.59. The molecule has 7 heteroatoms. The molecule has 1 atom stereocenters. The van der Waals surface area contributed by atoms with Gasteiger partial charge in [-0.3, -0.25) is 14.6 Å². The average Bonchev–Trinajstić information content (AvgIpc) is 2.99. The van der Waals surface area contributed by atoms with Crippen molar-refractivity contribution < 1.29 is 14.7 Å². The van der Waals surface area contributed by atoms with E-state index in [1.54, 1.807) is 29.4 Å². The van der Waals surface area contributed by atoms with Crippen LogP contribution in [0, 0.1) is 0 Å². The minimum absolute atomic E-state index is 0.110. The summed E-state index contributed by atoms with van der Waals surface area (Å²) in [4.78, 5) is 33.5. The van der Waals surface area contributed by atoms with Crippen LogP contribution in [0.3, 0.4) is 0 Å². The van der Waals surface area contributed by atoms with E-state index in [1.807, 2.05) is 24.3 Å². The van der Waals surface area contributed by atoms with E-state index >= 15 is 0 Å². The summed E-state index contributed by atoms with van der Waals surface area (Å²) in [6, 6.07) is 10.1. The molecule has 1 aliphatic rings. The summed E-state index contributed by atoms with van der Waals surface area (Å²) in [5, 5.41) is 10.9. The first kappa shape index (κ1) is 21.2. The van der Waals surface area contributed by atoms with Crippen LogP contribution in [0.2, 0.25) is 0 Å². The number of likely N-dealkylation sites (tertiary alicyclic amines) is 1. The lowest BCUT2D eigenvalue weighted by molar-refractivity contribution is -0.140. The number of aromatic nitrogens is 1. The lowest BCUT2D eigenvalue weighted by Gasteiger charge is -2.28. The number of aliphatic hydroxyl groups is 1. The van der Waals surface area contributed by atoms with E-state index in [2.05, 4.69) is 39.7 Å². The zero-order valence-corrected chi connectivity index (χ0v) is 18.1. The molecular formula is C22H24BrN3O3. The number of Topliss-reactive ketones (excluding diaryl/α,β-unsaturated/α-hetero) is 1. The lowest BCUT2D eigenvalue weighted by Crippen LogP contribution is -2.38. The Morgan fingerprint density at radius 1 is 1.17 bits per heavy atom. The van der Waals surface area contributed by atoms with Gasteiger partial charge in [0.05, 0.1) is 11.6 Å². The van der Waals surface area contributed by atoms with Crippen LogP contribution in [-0.4, -0.2) is 57.8 Å². The predicted molar refractivity (Wildman–Crippen MR) is 115 cm³/mol. The molecule has 0 saturated carbocycles. The maximum absolute atomic E-state index is 12.9. The molecule has 0 aliphatic carbocycles. The summed E-state index contributed by atoms with van der Waals surface area (Å²) in [6.45, 7) is 6.90. The van der Waals surface area contributed by atoms with Crippen LogP contribution < -0.4 is 0 Å². The highest BCUT2D eigenvalue weighted by Gasteiger charge is 2.45. The Balaban J connectivity index is 2.09. The highest BCUT2D eigenvalue weighted by Crippen LogP contribution is 2.39. The van der Waals surface area contributed by atoms with Crippen molar-refractivity contribution in [3.05, 3.63) is 70.0 Å². The monoisotopic (exact) mass is 457 g/mol. The second kappa shape index (κ2) is 9.33. The SMILES string of the molecule is CCN(CC)CCN1C(=O)C(=O)C(=C(O)c2ccncc2)[C@@H]1c1cccc(Br)c1. The zero-order chi connectivity index (χ0) is 21.0. The van der Waals surface area contributed by atoms with Crippen LogP contribution >= 0.6 is 15.9 Å². The number of benzene rings is 1. The van der Waals surface area contributed by atoms with Gasteiger partial charge in [-0.2, -0.15) is 0 Å². The Morgan fingerprint density at radius 3 is 2.48 bits per heavy atom. The number of likely N-dealkylation sites (N-methyl/N-ethyl adjacent to an activating group) is 1. The summed E-state index contributed by atoms with van der Waals surface area (Å²) in [7, 11) is 0. The van der Waals surface area contributed by atoms with E-state index in [-0.39, 0.29) is 11.3 Å². The molecule has 0 spiro atoms. The van der Waals surface area contributed by atoms with Gasteiger partial charge >= 0.3 is 0 Å². The average molecular weight is 458 g/mol. The Hall–Kier alpha value is -2.51. The number of carbonyl (C=O) groups is 2. The van der Waals surface area contributed by atoms with Gasteiger partial charge in [0.25, 0.3) is 11.7 Å². The molecule has 29 heavy (non-hydrogen) atoms. The second-order valence-corrected chi connectivity index (χ2v) is 7.73. The molecule has 0 unspecified atom stereocenters. The Labute approximate surface area is 179 Å². The molecule has 3 rings (SSSR count). The minimum atomic E-state index is -0.663. The molecule has 1 aromatic heterocycles. The van der Waals surface area contributed by atoms with Crippen molar-refractivity contribution in [2.45, 2.75) is 19.9 Å². The highest BCUT2D eigenvalue weighted by atomic mass is 79.9. The molecule has 1 fully saturated rings. The predicted octanol–water partition coefficient (Wildman–Crippen LogP) is 3.61. The standard InChI is InChI=1S/C22H24BrN3O3/c1-3-25(4-2)12-13-26-19(16-6-5-7-17(23)14-16)18(21(28)22(26)29)20(27)15-8-10-24-11-9-15/h5-11,14,19,27H,3-4,12-13H2,1-2H3/t19-/m0/s1. The third-order valence-electron chi connectivity index (χ3n) is 5.21. The Morgan fingerprint density at radius 2 is 1.86 bits per heavy atom. The molecule has 152 valence electrons. The van der Waals surface area contributed by atoms with Gasteiger partial charge in [0.1, 0.15) is 5.76 Å². The van der Waals surface area contributed by atoms with Gasteiger partial charge in [0.15, 0.2) is 0 Å². The van der Waals surface area contributed by atoms with Gasteiger partial charge in [0.2, 0.25) is 0 Å². The number of carbonyl (C=O) groups excluding carboxylic acids is 2. The van der Waals surface area contributed by atoms with E-state index in [0.717, 1.165) is 23.1 Å². The molecule has 1 aromatic carbocycles. The first-order valence-electron chi connectivity index (χ1n) is 9.64. The number of halogens is 1. The normalized spacial score (nSPS) is 18.6. The van der Waals surface area contributed by atoms with E-state index in [9.17, 15) is 14.7 Å². The van der Waals surface area contributed by atoms with Gasteiger partial charge in [-0.15, -0.1) is 0 Å². The van der Waals surface area contributed by atoms with Gasteiger partial charge in [-0.05, 0) is 42.9 Å². The smallest absolute Gasteiger partial charge is 0.295 e. The summed E-state index contributed by atoms with van der Waals surface area (Å²) in [5.74, 6) is -1.43. The number of hydrogen-bond donors (Lipinski definition) is 1. The van der Waals surface area contributed by atoms with Crippen molar-refractivity contribution in [2.75, 3.05) is 26.2 Å². The summed E-state index contributed by atoms with van der Waals surface area (Å²) >= 11 is 3.46. The first-order chi connectivity index (χ1) is 14.0. The molecule has 6 nitrogen and oxygen atoms in total. The maximum Gasteiger partial charge on any atom is 0.295 e. The van der Waals surface area contributed by atoms with E-state index in [1.165, 1.54) is 0 Å². The zero-order valence-electron chi connectivity index (χ0n) is 16.5. The van der Waals surface area contributed by atoms with Crippen LogP contribution in [0.5, 0.6) is 0 Å². The molecule has 2 aromatic rings. The second-order valence-electron chi connectivity index (χ2n) is 6.81. The molecule has 1 N–H and O–H groups in total. The van der Waals surface area contributed by atoms with Crippen molar-refractivity contribution in [1.82, 2.24) is 14.8 Å². The molecule has 1 saturated heterocycles. The van der Waals surface area contributed by atoms with Crippen LogP contribution in [0.1, 0.15) is 31.0 Å². The maximum atomic E-state index is 12.9. The van der Waals surface area contributed by atoms with Crippen molar-refractivity contribution in [3.63, 3.8) is 0 Å². The van der Waals surface area contributed by atoms with E-state index in [4.69, 9.17) is 0 Å². The van der Waals surface area contributed by atoms with Crippen molar-refractivity contribution in [1.29, 1.82) is 0 Å². The number of rotatable bonds is 7. The fourth-order valence-corrected chi connectivity index (χ4v) is 4.01. The van der Waals surface area contributed by atoms with Crippen LogP contribution in [0.4, 0.5) is 0 Å². The molecule has 1 amide bonds. The molecule has 0 radical (unpaired) electrons. The number of amides is 1. The molecule has 0 bridgehead atoms. The highest BCUT2D eigenvalue weighted by molar-refractivity contribution is 9.10. The van der Waals surface area contributed by atoms with Crippen LogP contribution in [-0.2, 0) is 9.59 Å². The largest absolute Gasteiger partial charge is 0.507 e. The lowest BCUT2D eigenvalue weighted by atomic mass is 9.95. The number of aliphatic hydroxyl groups excluding tert-OH is 1. The third kappa shape index (κ3) is 4.41. The number of nitrogens with zero attached hydrogens (tertiary/aromatic N) is 3. The minimum Gasteiger partial charge on any atom is -0.507 e. The van der Waals surface area contributed by atoms with Gasteiger partial charge < -0.3 is 14.9 Å². The quantitative estimate of drug-likeness (QED) is 0.390. The fraction of sp³-hybridized carbons (Fsp3) is 0.318. The summed E-state index contributed by atoms with van der Waals surface area (Å²) in [5.41, 5.74) is 1.34. The topological polar surface area (TPSA) is 73.7 Å². The van der Waals surface area contributed by atoms with Crippen LogP contribution in [0.15, 0.2) is 58.8 Å². The van der Waals surface area contributed by atoms with E-state index in [0.29, 0.717) is 18.7 Å². The number of hydrogen-bond acceptors (Lipinski definition) is 5. The Kier molecular flexibility index (Phi) is 6.82. The van der Waals surface area contributed by atoms with Gasteiger partial charge in [-0.25, -0.2) is 0 Å². The molecule has 2 heterocycles. The van der Waals surface area contributed by atoms with Gasteiger partial charge in [0, 0.05) is 35.5 Å². The summed E-state index contributed by atoms with van der Waals surface area (Å²) < 4.78 is 0.841. The van der Waals surface area contributed by atoms with Crippen molar-refractivity contribution in [3.8, 4) is 0 Å². The number of pyridine rings is 1. The third-order valence-corrected chi connectivity index (χ3v) is 5.70. The van der Waals surface area contributed by atoms with E-state index < -0.39 is 17.7 Å². The first-order valence-corrected chi connectivity index (χ1v) is 10.4. The Bertz CT molecular complexity index is 926. The van der Waals surface area contributed by atoms with Crippen molar-refractivity contribution in [2.24, 2.45) is 0 Å².